The lowest BCUT2D eigenvalue weighted by molar-refractivity contribution is -0.119. The fraction of sp³-hybridized carbons (Fsp3) is 0.185. The molecule has 0 aliphatic rings. The number of carbonyl (C=O) groups excluding carboxylic acids is 1. The number of pyridine rings is 1. The summed E-state index contributed by atoms with van der Waals surface area (Å²) in [6.07, 6.45) is 4.10. The molecule has 0 saturated carbocycles. The average Bonchev–Trinajstić information content (AvgIpc) is 3.28. The zero-order valence-electron chi connectivity index (χ0n) is 19.8. The third kappa shape index (κ3) is 7.62. The minimum Gasteiger partial charge on any atom is -0.361 e. The van der Waals surface area contributed by atoms with Crippen LogP contribution in [0.4, 0.5) is 0 Å². The molecule has 0 aliphatic heterocycles. The molecular weight excluding hydrogens is 438 g/mol. The number of amides is 1. The molecular formula is C27H31N7O. The number of amidine groups is 2. The van der Waals surface area contributed by atoms with Gasteiger partial charge in [0.15, 0.2) is 0 Å². The van der Waals surface area contributed by atoms with Crippen molar-refractivity contribution in [3.05, 3.63) is 102 Å². The van der Waals surface area contributed by atoms with Crippen molar-refractivity contribution in [2.24, 2.45) is 5.73 Å². The summed E-state index contributed by atoms with van der Waals surface area (Å²) in [5.74, 6) is 0.0503. The number of rotatable bonds is 7. The van der Waals surface area contributed by atoms with Gasteiger partial charge in [-0.1, -0.05) is 54.6 Å². The van der Waals surface area contributed by atoms with E-state index in [-0.39, 0.29) is 30.7 Å². The van der Waals surface area contributed by atoms with E-state index in [0.29, 0.717) is 13.0 Å². The monoisotopic (exact) mass is 469 g/mol. The third-order valence-electron chi connectivity index (χ3n) is 5.35. The maximum Gasteiger partial charge on any atom is 0.234 e. The molecule has 0 spiro atoms. The van der Waals surface area contributed by atoms with E-state index in [1.807, 2.05) is 60.8 Å². The number of para-hydroxylation sites is 1. The number of benzene rings is 2. The number of carbonyl (C=O) groups is 1. The Bertz CT molecular complexity index is 1250. The van der Waals surface area contributed by atoms with Gasteiger partial charge in [-0.2, -0.15) is 0 Å². The van der Waals surface area contributed by atoms with Crippen molar-refractivity contribution >= 4 is 28.5 Å². The Morgan fingerprint density at radius 3 is 2.40 bits per heavy atom. The van der Waals surface area contributed by atoms with Gasteiger partial charge in [0, 0.05) is 29.7 Å². The number of fused-ring (bicyclic) bond motifs is 1. The Hall–Kier alpha value is -4.30. The lowest BCUT2D eigenvalue weighted by Crippen LogP contribution is -2.44. The van der Waals surface area contributed by atoms with Crippen LogP contribution in [0, 0.1) is 17.7 Å². The van der Waals surface area contributed by atoms with Gasteiger partial charge in [0.2, 0.25) is 5.91 Å². The van der Waals surface area contributed by atoms with Gasteiger partial charge in [0.05, 0.1) is 25.3 Å². The quantitative estimate of drug-likeness (QED) is 0.209. The van der Waals surface area contributed by atoms with Crippen molar-refractivity contribution < 1.29 is 4.79 Å². The van der Waals surface area contributed by atoms with E-state index in [1.54, 1.807) is 11.1 Å². The summed E-state index contributed by atoms with van der Waals surface area (Å²) in [5, 5.41) is 20.6. The van der Waals surface area contributed by atoms with Crippen molar-refractivity contribution in [2.45, 2.75) is 19.9 Å². The molecule has 0 atom stereocenters. The molecule has 8 nitrogen and oxygen atoms in total. The van der Waals surface area contributed by atoms with Gasteiger partial charge in [0.1, 0.15) is 11.7 Å². The van der Waals surface area contributed by atoms with Crippen LogP contribution in [-0.4, -0.2) is 45.5 Å². The summed E-state index contributed by atoms with van der Waals surface area (Å²) in [5.41, 5.74) is 9.54. The molecule has 0 fully saturated rings. The van der Waals surface area contributed by atoms with Crippen LogP contribution in [0.15, 0.2) is 85.2 Å². The summed E-state index contributed by atoms with van der Waals surface area (Å²) in [4.78, 5) is 20.3. The Balaban J connectivity index is 0.000000281. The molecule has 0 bridgehead atoms. The van der Waals surface area contributed by atoms with Crippen molar-refractivity contribution in [2.75, 3.05) is 13.1 Å². The summed E-state index contributed by atoms with van der Waals surface area (Å²) < 4.78 is 0. The third-order valence-corrected chi connectivity index (χ3v) is 5.35. The molecule has 8 heteroatoms. The molecule has 4 rings (SSSR count). The first-order valence-corrected chi connectivity index (χ1v) is 11.3. The van der Waals surface area contributed by atoms with Gasteiger partial charge in [-0.15, -0.1) is 0 Å². The van der Waals surface area contributed by atoms with Crippen LogP contribution in [0.2, 0.25) is 0 Å². The van der Waals surface area contributed by atoms with Gasteiger partial charge < -0.3 is 20.9 Å². The molecule has 1 amide bonds. The van der Waals surface area contributed by atoms with Crippen molar-refractivity contribution in [3.63, 3.8) is 0 Å². The Kier molecular flexibility index (Phi) is 9.27. The molecule has 4 aromatic rings. The molecule has 180 valence electrons. The zero-order chi connectivity index (χ0) is 25.0. The summed E-state index contributed by atoms with van der Waals surface area (Å²) >= 11 is 0. The smallest absolute Gasteiger partial charge is 0.234 e. The maximum atomic E-state index is 11.3. The standard InChI is InChI=1S/C18H22N6O.C9H9N/c19-11-18(25)23-12-17(21)24(13-15-8-4-5-9-22-15)16(20)10-14-6-2-1-3-7-14;1-7-6-10-9-5-3-2-4-8(7)9/h1-9,20-21H,10-13,19H2,(H,23,25);2-6,10H,1H3. The lowest BCUT2D eigenvalue weighted by Gasteiger charge is -2.25. The van der Waals surface area contributed by atoms with Gasteiger partial charge in [-0.3, -0.25) is 20.6 Å². The highest BCUT2D eigenvalue weighted by Gasteiger charge is 2.17. The zero-order valence-corrected chi connectivity index (χ0v) is 19.8. The summed E-state index contributed by atoms with van der Waals surface area (Å²) in [6.45, 7) is 2.29. The van der Waals surface area contributed by atoms with E-state index in [4.69, 9.17) is 16.6 Å². The van der Waals surface area contributed by atoms with Crippen LogP contribution < -0.4 is 11.1 Å². The van der Waals surface area contributed by atoms with E-state index in [1.165, 1.54) is 16.5 Å². The van der Waals surface area contributed by atoms with Crippen LogP contribution in [0.3, 0.4) is 0 Å². The number of nitrogens with two attached hydrogens (primary N) is 1. The van der Waals surface area contributed by atoms with Crippen LogP contribution in [-0.2, 0) is 17.8 Å². The van der Waals surface area contributed by atoms with E-state index in [9.17, 15) is 4.79 Å². The Labute approximate surface area is 205 Å². The lowest BCUT2D eigenvalue weighted by atomic mass is 10.1. The average molecular weight is 470 g/mol. The Morgan fingerprint density at radius 2 is 1.71 bits per heavy atom. The van der Waals surface area contributed by atoms with E-state index in [2.05, 4.69) is 40.4 Å². The van der Waals surface area contributed by atoms with Crippen molar-refractivity contribution in [3.8, 4) is 0 Å². The van der Waals surface area contributed by atoms with Crippen molar-refractivity contribution in [1.82, 2.24) is 20.2 Å². The van der Waals surface area contributed by atoms with E-state index in [0.717, 1.165) is 11.3 Å². The number of aromatic nitrogens is 2. The molecule has 2 aromatic carbocycles. The van der Waals surface area contributed by atoms with Crippen LogP contribution >= 0.6 is 0 Å². The molecule has 0 radical (unpaired) electrons. The number of H-pyrrole nitrogens is 1. The summed E-state index contributed by atoms with van der Waals surface area (Å²) in [7, 11) is 0. The van der Waals surface area contributed by atoms with Crippen LogP contribution in [0.1, 0.15) is 16.8 Å². The minimum absolute atomic E-state index is 0.0139. The molecule has 2 heterocycles. The predicted octanol–water partition coefficient (Wildman–Crippen LogP) is 3.63. The predicted molar refractivity (Wildman–Crippen MR) is 140 cm³/mol. The van der Waals surface area contributed by atoms with Gasteiger partial charge >= 0.3 is 0 Å². The number of aromatic amines is 1. The largest absolute Gasteiger partial charge is 0.361 e. The SMILES string of the molecule is Cc1c[nH]c2ccccc12.N=C(CNC(=O)CN)N(Cc1ccccn1)C(=N)Cc1ccccc1. The number of nitrogens with zero attached hydrogens (tertiary/aromatic N) is 2. The van der Waals surface area contributed by atoms with Crippen molar-refractivity contribution in [1.29, 1.82) is 10.8 Å². The van der Waals surface area contributed by atoms with Gasteiger partial charge in [-0.25, -0.2) is 0 Å². The second-order valence-electron chi connectivity index (χ2n) is 7.96. The molecule has 0 saturated heterocycles. The molecule has 0 aliphatic carbocycles. The number of hydrogen-bond acceptors (Lipinski definition) is 5. The second-order valence-corrected chi connectivity index (χ2v) is 7.96. The van der Waals surface area contributed by atoms with E-state index >= 15 is 0 Å². The summed E-state index contributed by atoms with van der Waals surface area (Å²) in [6, 6.07) is 23.5. The molecule has 0 unspecified atom stereocenters. The Morgan fingerprint density at radius 1 is 1.00 bits per heavy atom. The molecule has 6 N–H and O–H groups in total. The van der Waals surface area contributed by atoms with E-state index < -0.39 is 0 Å². The minimum atomic E-state index is -0.336. The molecule has 35 heavy (non-hydrogen) atoms. The van der Waals surface area contributed by atoms with Gasteiger partial charge in [0.25, 0.3) is 0 Å². The number of hydrogen-bond donors (Lipinski definition) is 5. The first-order valence-electron chi connectivity index (χ1n) is 11.3. The van der Waals surface area contributed by atoms with Crippen LogP contribution in [0.5, 0.6) is 0 Å². The number of nitrogens with one attached hydrogen (secondary N) is 4. The number of aryl methyl sites for hydroxylation is 1. The highest BCUT2D eigenvalue weighted by atomic mass is 16.1. The maximum absolute atomic E-state index is 11.3. The molecule has 2 aromatic heterocycles. The first kappa shape index (κ1) is 25.3. The highest BCUT2D eigenvalue weighted by molar-refractivity contribution is 6.00. The first-order chi connectivity index (χ1) is 17.0. The van der Waals surface area contributed by atoms with Gasteiger partial charge in [-0.05, 0) is 36.2 Å². The highest BCUT2D eigenvalue weighted by Crippen LogP contribution is 2.15. The second kappa shape index (κ2) is 12.8. The normalized spacial score (nSPS) is 10.2. The fourth-order valence-corrected chi connectivity index (χ4v) is 3.46. The fourth-order valence-electron chi connectivity index (χ4n) is 3.46. The van der Waals surface area contributed by atoms with Crippen LogP contribution in [0.25, 0.3) is 10.9 Å². The topological polar surface area (TPSA) is 135 Å².